The van der Waals surface area contributed by atoms with Gasteiger partial charge >= 0.3 is 0 Å². The molecule has 0 saturated carbocycles. The van der Waals surface area contributed by atoms with E-state index in [1.165, 1.54) is 5.56 Å². The van der Waals surface area contributed by atoms with Gasteiger partial charge in [0.05, 0.1) is 0 Å². The van der Waals surface area contributed by atoms with E-state index < -0.39 is 0 Å². The number of thioether (sulfide) groups is 1. The number of rotatable bonds is 4. The van der Waals surface area contributed by atoms with Crippen molar-refractivity contribution in [1.29, 1.82) is 0 Å². The summed E-state index contributed by atoms with van der Waals surface area (Å²) in [6, 6.07) is 7.99. The molecule has 1 aromatic rings. The van der Waals surface area contributed by atoms with Crippen LogP contribution in [0.1, 0.15) is 5.56 Å². The predicted octanol–water partition coefficient (Wildman–Crippen LogP) is 3.97. The minimum absolute atomic E-state index is 0.875. The number of benzene rings is 1. The molecule has 1 aromatic carbocycles. The summed E-state index contributed by atoms with van der Waals surface area (Å²) < 4.78 is 0. The van der Waals surface area contributed by atoms with Crippen LogP contribution in [0.2, 0.25) is 5.02 Å². The maximum Gasteiger partial charge on any atom is 0.0446 e. The zero-order valence-corrected chi connectivity index (χ0v) is 9.75. The van der Waals surface area contributed by atoms with E-state index in [-0.39, 0.29) is 0 Å². The fourth-order valence-corrected chi connectivity index (χ4v) is 2.55. The van der Waals surface area contributed by atoms with E-state index in [2.05, 4.69) is 22.0 Å². The Kier molecular flexibility index (Phi) is 5.12. The Morgan fingerprint density at radius 1 is 1.33 bits per heavy atom. The van der Waals surface area contributed by atoms with Crippen LogP contribution in [0.25, 0.3) is 0 Å². The fourth-order valence-electron chi connectivity index (χ4n) is 0.852. The second kappa shape index (κ2) is 5.90. The smallest absolute Gasteiger partial charge is 0.0446 e. The fraction of sp³-hybridized carbons (Fsp3) is 0.333. The average molecular weight is 266 g/mol. The van der Waals surface area contributed by atoms with Crippen LogP contribution in [0.4, 0.5) is 0 Å². The van der Waals surface area contributed by atoms with Crippen molar-refractivity contribution >= 4 is 39.3 Å². The Bertz CT molecular complexity index is 240. The van der Waals surface area contributed by atoms with E-state index in [9.17, 15) is 0 Å². The predicted molar refractivity (Wildman–Crippen MR) is 61.4 cm³/mol. The number of hydrogen-bond acceptors (Lipinski definition) is 1. The van der Waals surface area contributed by atoms with Crippen molar-refractivity contribution < 1.29 is 0 Å². The highest BCUT2D eigenvalue weighted by Crippen LogP contribution is 2.20. The quantitative estimate of drug-likeness (QED) is 0.586. The van der Waals surface area contributed by atoms with Gasteiger partial charge in [0, 0.05) is 21.9 Å². The minimum atomic E-state index is 0.875. The molecule has 66 valence electrons. The molecule has 0 aromatic heterocycles. The molecule has 0 radical (unpaired) electrons. The lowest BCUT2D eigenvalue weighted by Crippen LogP contribution is -1.84. The first kappa shape index (κ1) is 10.4. The Hall–Kier alpha value is 0.340. The van der Waals surface area contributed by atoms with Crippen LogP contribution < -0.4 is 0 Å². The van der Waals surface area contributed by atoms with Gasteiger partial charge in [0.25, 0.3) is 0 Å². The normalized spacial score (nSPS) is 10.2. The molecule has 0 saturated heterocycles. The summed E-state index contributed by atoms with van der Waals surface area (Å²) in [5, 5.41) is 1.92. The van der Waals surface area contributed by atoms with Gasteiger partial charge in [-0.1, -0.05) is 45.7 Å². The molecule has 0 fully saturated rings. The topological polar surface area (TPSA) is 0 Å². The third-order valence-electron chi connectivity index (χ3n) is 1.44. The van der Waals surface area contributed by atoms with Crippen LogP contribution in [-0.4, -0.2) is 11.1 Å². The summed E-state index contributed by atoms with van der Waals surface area (Å²) in [6.07, 6.45) is 0. The zero-order chi connectivity index (χ0) is 8.81. The third kappa shape index (κ3) is 3.38. The number of halogens is 2. The van der Waals surface area contributed by atoms with Crippen LogP contribution in [-0.2, 0) is 5.75 Å². The van der Waals surface area contributed by atoms with Crippen molar-refractivity contribution in [2.45, 2.75) is 5.75 Å². The second-order valence-corrected chi connectivity index (χ2v) is 4.64. The van der Waals surface area contributed by atoms with Crippen molar-refractivity contribution in [2.24, 2.45) is 0 Å². The van der Waals surface area contributed by atoms with Crippen molar-refractivity contribution in [3.8, 4) is 0 Å². The first-order valence-corrected chi connectivity index (χ1v) is 6.37. The van der Waals surface area contributed by atoms with Gasteiger partial charge in [-0.25, -0.2) is 0 Å². The van der Waals surface area contributed by atoms with Crippen LogP contribution in [0, 0.1) is 0 Å². The molecule has 0 aliphatic rings. The van der Waals surface area contributed by atoms with Gasteiger partial charge in [0.2, 0.25) is 0 Å². The molecule has 0 amide bonds. The first-order chi connectivity index (χ1) is 5.84. The molecule has 0 aliphatic carbocycles. The molecular formula is C9H10BrClS. The van der Waals surface area contributed by atoms with Crippen molar-refractivity contribution in [3.63, 3.8) is 0 Å². The summed E-state index contributed by atoms with van der Waals surface area (Å²) in [7, 11) is 0. The first-order valence-electron chi connectivity index (χ1n) is 3.71. The average Bonchev–Trinajstić information content (AvgIpc) is 2.09. The van der Waals surface area contributed by atoms with E-state index in [0.29, 0.717) is 0 Å². The number of alkyl halides is 1. The molecule has 1 rings (SSSR count). The molecule has 0 atom stereocenters. The van der Waals surface area contributed by atoms with E-state index in [1.807, 2.05) is 30.0 Å². The molecule has 3 heteroatoms. The van der Waals surface area contributed by atoms with E-state index in [0.717, 1.165) is 21.9 Å². The summed E-state index contributed by atoms with van der Waals surface area (Å²) >= 11 is 11.3. The maximum atomic E-state index is 5.98. The van der Waals surface area contributed by atoms with Gasteiger partial charge in [0.15, 0.2) is 0 Å². The molecule has 0 aliphatic heterocycles. The zero-order valence-electron chi connectivity index (χ0n) is 6.59. The van der Waals surface area contributed by atoms with Gasteiger partial charge in [0.1, 0.15) is 0 Å². The van der Waals surface area contributed by atoms with Crippen molar-refractivity contribution in [1.82, 2.24) is 0 Å². The van der Waals surface area contributed by atoms with Crippen LogP contribution in [0.5, 0.6) is 0 Å². The highest BCUT2D eigenvalue weighted by atomic mass is 79.9. The van der Waals surface area contributed by atoms with Gasteiger partial charge < -0.3 is 0 Å². The van der Waals surface area contributed by atoms with Crippen LogP contribution in [0.3, 0.4) is 0 Å². The standard InChI is InChI=1S/C9H10BrClS/c10-5-6-12-7-8-3-1-2-4-9(8)11/h1-4H,5-7H2. The van der Waals surface area contributed by atoms with Crippen molar-refractivity contribution in [3.05, 3.63) is 34.9 Å². The second-order valence-electron chi connectivity index (χ2n) is 2.33. The number of hydrogen-bond donors (Lipinski definition) is 0. The molecule has 0 nitrogen and oxygen atoms in total. The van der Waals surface area contributed by atoms with E-state index in [1.54, 1.807) is 0 Å². The molecule has 0 bridgehead atoms. The highest BCUT2D eigenvalue weighted by Gasteiger charge is 1.97. The van der Waals surface area contributed by atoms with Gasteiger partial charge in [-0.15, -0.1) is 0 Å². The van der Waals surface area contributed by atoms with Crippen LogP contribution in [0.15, 0.2) is 24.3 Å². The Morgan fingerprint density at radius 2 is 2.08 bits per heavy atom. The van der Waals surface area contributed by atoms with Gasteiger partial charge in [-0.05, 0) is 11.6 Å². The minimum Gasteiger partial charge on any atom is -0.156 e. The van der Waals surface area contributed by atoms with Crippen LogP contribution >= 0.6 is 39.3 Å². The summed E-state index contributed by atoms with van der Waals surface area (Å²) in [5.74, 6) is 2.14. The van der Waals surface area contributed by atoms with Crippen molar-refractivity contribution in [2.75, 3.05) is 11.1 Å². The summed E-state index contributed by atoms with van der Waals surface area (Å²) in [6.45, 7) is 0. The molecule has 12 heavy (non-hydrogen) atoms. The molecule has 0 heterocycles. The van der Waals surface area contributed by atoms with Gasteiger partial charge in [-0.2, -0.15) is 11.8 Å². The molecular weight excluding hydrogens is 256 g/mol. The Balaban J connectivity index is 2.46. The lowest BCUT2D eigenvalue weighted by atomic mass is 10.2. The lowest BCUT2D eigenvalue weighted by Gasteiger charge is -2.01. The Morgan fingerprint density at radius 3 is 2.75 bits per heavy atom. The third-order valence-corrected chi connectivity index (χ3v) is 3.73. The molecule has 0 spiro atoms. The lowest BCUT2D eigenvalue weighted by molar-refractivity contribution is 1.40. The summed E-state index contributed by atoms with van der Waals surface area (Å²) in [5.41, 5.74) is 1.23. The SMILES string of the molecule is Clc1ccccc1CSCCBr. The van der Waals surface area contributed by atoms with E-state index in [4.69, 9.17) is 11.6 Å². The molecule has 0 N–H and O–H groups in total. The maximum absolute atomic E-state index is 5.98. The monoisotopic (exact) mass is 264 g/mol. The largest absolute Gasteiger partial charge is 0.156 e. The summed E-state index contributed by atoms with van der Waals surface area (Å²) in [4.78, 5) is 0. The Labute approximate surface area is 90.8 Å². The molecule has 0 unspecified atom stereocenters. The highest BCUT2D eigenvalue weighted by molar-refractivity contribution is 9.09. The van der Waals surface area contributed by atoms with Gasteiger partial charge in [-0.3, -0.25) is 0 Å². The van der Waals surface area contributed by atoms with E-state index >= 15 is 0 Å².